The number of carbonyl (C=O) groups excluding carboxylic acids is 1. The van der Waals surface area contributed by atoms with Gasteiger partial charge in [-0.2, -0.15) is 0 Å². The number of likely N-dealkylation sites (tertiary alicyclic amines) is 1. The van der Waals surface area contributed by atoms with Gasteiger partial charge in [-0.05, 0) is 49.2 Å². The summed E-state index contributed by atoms with van der Waals surface area (Å²) in [6.45, 7) is -0.272. The van der Waals surface area contributed by atoms with Gasteiger partial charge in [0.2, 0.25) is 5.91 Å². The summed E-state index contributed by atoms with van der Waals surface area (Å²) < 4.78 is 84.9. The fourth-order valence-electron chi connectivity index (χ4n) is 4.82. The first-order valence-electron chi connectivity index (χ1n) is 10.5. The molecule has 2 atom stereocenters. The molecule has 0 bridgehead atoms. The third-order valence-electron chi connectivity index (χ3n) is 6.34. The second kappa shape index (κ2) is 8.76. The zero-order valence-corrected chi connectivity index (χ0v) is 20.5. The van der Waals surface area contributed by atoms with Gasteiger partial charge in [0.1, 0.15) is 27.0 Å². The topological polar surface area (TPSA) is 97.8 Å². The Morgan fingerprint density at radius 3 is 2.41 bits per heavy atom. The minimum Gasteiger partial charge on any atom is -0.488 e. The quantitative estimate of drug-likeness (QED) is 0.586. The van der Waals surface area contributed by atoms with E-state index in [1.54, 1.807) is 0 Å². The van der Waals surface area contributed by atoms with Gasteiger partial charge in [0.25, 0.3) is 0 Å². The molecule has 34 heavy (non-hydrogen) atoms. The summed E-state index contributed by atoms with van der Waals surface area (Å²) in [5, 5.41) is 0.291. The minimum absolute atomic E-state index is 0.0881. The van der Waals surface area contributed by atoms with Crippen molar-refractivity contribution in [2.24, 2.45) is 0 Å². The van der Waals surface area contributed by atoms with Crippen LogP contribution in [0.4, 0.5) is 8.78 Å². The van der Waals surface area contributed by atoms with Gasteiger partial charge in [-0.15, -0.1) is 0 Å². The molecule has 2 aromatic carbocycles. The highest BCUT2D eigenvalue weighted by Crippen LogP contribution is 2.53. The largest absolute Gasteiger partial charge is 0.488 e. The van der Waals surface area contributed by atoms with Crippen LogP contribution in [0.15, 0.2) is 41.3 Å². The van der Waals surface area contributed by atoms with Crippen LogP contribution in [0.5, 0.6) is 5.75 Å². The van der Waals surface area contributed by atoms with Crippen LogP contribution >= 0.6 is 11.6 Å². The first kappa shape index (κ1) is 24.9. The van der Waals surface area contributed by atoms with E-state index in [2.05, 4.69) is 0 Å². The Balaban J connectivity index is 1.92. The molecule has 2 heterocycles. The average Bonchev–Trinajstić information content (AvgIpc) is 2.78. The number of benzene rings is 2. The summed E-state index contributed by atoms with van der Waals surface area (Å²) >= 11 is 5.92. The van der Waals surface area contributed by atoms with E-state index in [0.29, 0.717) is 5.02 Å². The van der Waals surface area contributed by atoms with Crippen molar-refractivity contribution in [1.29, 1.82) is 0 Å². The van der Waals surface area contributed by atoms with E-state index in [9.17, 15) is 26.0 Å². The van der Waals surface area contributed by atoms with Crippen molar-refractivity contribution in [1.82, 2.24) is 4.90 Å². The molecule has 0 unspecified atom stereocenters. The molecule has 0 aliphatic carbocycles. The van der Waals surface area contributed by atoms with E-state index in [-0.39, 0.29) is 30.7 Å². The summed E-state index contributed by atoms with van der Waals surface area (Å²) in [4.78, 5) is 14.1. The lowest BCUT2D eigenvalue weighted by Gasteiger charge is -2.51. The number of sulfone groups is 2. The van der Waals surface area contributed by atoms with Gasteiger partial charge in [-0.3, -0.25) is 4.79 Å². The fourth-order valence-corrected chi connectivity index (χ4v) is 7.83. The van der Waals surface area contributed by atoms with Gasteiger partial charge < -0.3 is 9.64 Å². The van der Waals surface area contributed by atoms with Crippen LogP contribution in [0.25, 0.3) is 0 Å². The second-order valence-corrected chi connectivity index (χ2v) is 13.4. The predicted molar refractivity (Wildman–Crippen MR) is 121 cm³/mol. The molecule has 0 saturated carbocycles. The number of nitrogens with zero attached hydrogens (tertiary/aromatic N) is 1. The minimum atomic E-state index is -4.42. The highest BCUT2D eigenvalue weighted by atomic mass is 35.5. The molecule has 2 aliphatic heterocycles. The third kappa shape index (κ3) is 4.07. The number of rotatable bonds is 5. The van der Waals surface area contributed by atoms with Crippen molar-refractivity contribution in [2.45, 2.75) is 34.9 Å². The van der Waals surface area contributed by atoms with Crippen molar-refractivity contribution in [3.63, 3.8) is 0 Å². The first-order valence-corrected chi connectivity index (χ1v) is 14.4. The number of hydrogen-bond donors (Lipinski definition) is 0. The number of amides is 1. The first-order chi connectivity index (χ1) is 15.9. The zero-order chi connectivity index (χ0) is 24.9. The maximum absolute atomic E-state index is 15.3. The van der Waals surface area contributed by atoms with Crippen molar-refractivity contribution in [3.05, 3.63) is 58.6 Å². The second-order valence-electron chi connectivity index (χ2n) is 8.48. The van der Waals surface area contributed by atoms with Gasteiger partial charge in [0.15, 0.2) is 21.4 Å². The molecule has 7 nitrogen and oxygen atoms in total. The number of halogens is 3. The lowest BCUT2D eigenvalue weighted by Crippen LogP contribution is -2.64. The van der Waals surface area contributed by atoms with E-state index < -0.39 is 71.7 Å². The lowest BCUT2D eigenvalue weighted by molar-refractivity contribution is -0.137. The summed E-state index contributed by atoms with van der Waals surface area (Å²) in [7, 11) is -7.88. The lowest BCUT2D eigenvalue weighted by atomic mass is 9.80. The Morgan fingerprint density at radius 1 is 1.12 bits per heavy atom. The Labute approximate surface area is 201 Å². The highest BCUT2D eigenvalue weighted by Gasteiger charge is 2.61. The number of fused-ring (bicyclic) bond motifs is 3. The smallest absolute Gasteiger partial charge is 0.224 e. The molecule has 0 aromatic heterocycles. The molecule has 184 valence electrons. The molecule has 1 saturated heterocycles. The molecule has 0 radical (unpaired) electrons. The molecule has 0 N–H and O–H groups in total. The Hall–Kier alpha value is -2.24. The maximum atomic E-state index is 15.3. The normalized spacial score (nSPS) is 22.5. The molecule has 0 spiro atoms. The number of ether oxygens (including phenoxy) is 1. The van der Waals surface area contributed by atoms with Crippen LogP contribution in [0.3, 0.4) is 0 Å². The molecule has 2 aromatic rings. The van der Waals surface area contributed by atoms with E-state index in [0.717, 1.165) is 18.4 Å². The van der Waals surface area contributed by atoms with Gasteiger partial charge in [0.05, 0.1) is 22.3 Å². The van der Waals surface area contributed by atoms with Crippen LogP contribution in [-0.2, 0) is 29.2 Å². The van der Waals surface area contributed by atoms with Gasteiger partial charge in [-0.1, -0.05) is 11.6 Å². The van der Waals surface area contributed by atoms with Crippen LogP contribution in [0.1, 0.15) is 24.8 Å². The number of hydrogen-bond acceptors (Lipinski definition) is 6. The van der Waals surface area contributed by atoms with E-state index >= 15 is 4.39 Å². The average molecular weight is 534 g/mol. The fraction of sp³-hybridized carbons (Fsp3) is 0.409. The Morgan fingerprint density at radius 2 is 1.76 bits per heavy atom. The molecule has 4 rings (SSSR count). The molecular formula is C22H22ClF2NO6S2. The predicted octanol–water partition coefficient (Wildman–Crippen LogP) is 3.11. The number of piperidine rings is 1. The molecule has 2 aliphatic rings. The zero-order valence-electron chi connectivity index (χ0n) is 18.1. The van der Waals surface area contributed by atoms with Crippen molar-refractivity contribution in [2.75, 3.05) is 25.2 Å². The number of carbonyl (C=O) groups is 1. The summed E-state index contributed by atoms with van der Waals surface area (Å²) in [5.41, 5.74) is -0.459. The van der Waals surface area contributed by atoms with Gasteiger partial charge >= 0.3 is 0 Å². The van der Waals surface area contributed by atoms with Crippen LogP contribution in [0.2, 0.25) is 5.02 Å². The molecule has 1 amide bonds. The van der Waals surface area contributed by atoms with E-state index in [1.807, 2.05) is 0 Å². The van der Waals surface area contributed by atoms with Crippen molar-refractivity contribution in [3.8, 4) is 5.75 Å². The molecular weight excluding hydrogens is 512 g/mol. The van der Waals surface area contributed by atoms with E-state index in [1.165, 1.54) is 29.2 Å². The highest BCUT2D eigenvalue weighted by molar-refractivity contribution is 7.92. The summed E-state index contributed by atoms with van der Waals surface area (Å²) in [6.07, 6.45) is 0.702. The van der Waals surface area contributed by atoms with Crippen molar-refractivity contribution < 1.29 is 35.1 Å². The van der Waals surface area contributed by atoms with Crippen LogP contribution < -0.4 is 4.74 Å². The summed E-state index contributed by atoms with van der Waals surface area (Å²) in [5.74, 6) is -3.41. The van der Waals surface area contributed by atoms with Crippen LogP contribution in [-0.4, -0.2) is 58.8 Å². The van der Waals surface area contributed by atoms with Crippen molar-refractivity contribution >= 4 is 37.2 Å². The molecule has 1 fully saturated rings. The molecule has 12 heteroatoms. The monoisotopic (exact) mass is 533 g/mol. The Bertz CT molecular complexity index is 1350. The standard InChI is InChI=1S/C22H22ClF2NO6S2/c1-33(28,29)12-9-19(27)26-11-2-10-22(34(30,31)15-5-3-14(23)4-6-15)18(26)13-32-21-17(25)8-7-16(24)20(21)22/h3-8,18H,2,9-13H2,1H3/t18-,22+/m0/s1. The van der Waals surface area contributed by atoms with E-state index in [4.69, 9.17) is 16.3 Å². The maximum Gasteiger partial charge on any atom is 0.224 e. The van der Waals surface area contributed by atoms with Gasteiger partial charge in [0, 0.05) is 24.2 Å². The SMILES string of the molecule is CS(=O)(=O)CCC(=O)N1CCC[C@]2(S(=O)(=O)c3ccc(Cl)cc3)c3c(F)ccc(F)c3OC[C@H]12. The van der Waals surface area contributed by atoms with Gasteiger partial charge in [-0.25, -0.2) is 25.6 Å². The van der Waals surface area contributed by atoms with Crippen LogP contribution in [0, 0.1) is 11.6 Å². The Kier molecular flexibility index (Phi) is 6.41. The summed E-state index contributed by atoms with van der Waals surface area (Å²) in [6, 6.07) is 5.80. The third-order valence-corrected chi connectivity index (χ3v) is 10.1.